The molecule has 8 heteroatoms. The smallest absolute Gasteiger partial charge is 0.307 e. The van der Waals surface area contributed by atoms with Crippen molar-refractivity contribution in [2.45, 2.75) is 24.5 Å². The fourth-order valence-corrected chi connectivity index (χ4v) is 3.33. The van der Waals surface area contributed by atoms with Crippen molar-refractivity contribution >= 4 is 21.8 Å². The zero-order chi connectivity index (χ0) is 14.8. The van der Waals surface area contributed by atoms with Crippen molar-refractivity contribution in [2.24, 2.45) is 0 Å². The Kier molecular flexibility index (Phi) is 4.22. The van der Waals surface area contributed by atoms with Gasteiger partial charge in [-0.1, -0.05) is 0 Å². The molecule has 0 saturated carbocycles. The number of hydrogen-bond acceptors (Lipinski definition) is 6. The molecule has 0 radical (unpaired) electrons. The van der Waals surface area contributed by atoms with Gasteiger partial charge in [-0.25, -0.2) is 18.4 Å². The predicted molar refractivity (Wildman–Crippen MR) is 73.5 cm³/mol. The maximum Gasteiger partial charge on any atom is 0.307 e. The Balaban J connectivity index is 1.99. The van der Waals surface area contributed by atoms with Crippen molar-refractivity contribution in [2.75, 3.05) is 24.2 Å². The van der Waals surface area contributed by atoms with Gasteiger partial charge in [0, 0.05) is 37.3 Å². The highest BCUT2D eigenvalue weighted by Gasteiger charge is 2.27. The number of nitrogens with zero attached hydrogens (tertiary/aromatic N) is 3. The molecule has 0 aliphatic carbocycles. The molecule has 1 aliphatic rings. The lowest BCUT2D eigenvalue weighted by Crippen LogP contribution is -2.39. The number of rotatable bonds is 4. The molecule has 1 saturated heterocycles. The summed E-state index contributed by atoms with van der Waals surface area (Å²) in [5.74, 6) is -0.401. The Morgan fingerprint density at radius 3 is 2.35 bits per heavy atom. The van der Waals surface area contributed by atoms with Gasteiger partial charge in [-0.05, 0) is 12.8 Å². The number of aromatic nitrogens is 2. The van der Waals surface area contributed by atoms with Gasteiger partial charge in [0.05, 0.1) is 11.7 Å². The minimum Gasteiger partial charge on any atom is -0.481 e. The molecule has 0 aromatic carbocycles. The van der Waals surface area contributed by atoms with Crippen LogP contribution in [0.3, 0.4) is 0 Å². The quantitative estimate of drug-likeness (QED) is 0.842. The highest BCUT2D eigenvalue weighted by Crippen LogP contribution is 2.20. The molecule has 2 rings (SSSR count). The number of carboxylic acid groups (broad SMARTS) is 1. The van der Waals surface area contributed by atoms with E-state index in [0.29, 0.717) is 37.4 Å². The first-order chi connectivity index (χ1) is 9.36. The second-order valence-electron chi connectivity index (χ2n) is 4.98. The standard InChI is InChI=1S/C12H17N3O4S/c1-20(18,19)10-2-4-15(5-3-10)12-13-7-9(8-14-12)6-11(16)17/h7-8,10H,2-6H2,1H3,(H,16,17). The SMILES string of the molecule is CS(=O)(=O)C1CCN(c2ncc(CC(=O)O)cn2)CC1. The van der Waals surface area contributed by atoms with Gasteiger partial charge in [-0.2, -0.15) is 0 Å². The zero-order valence-electron chi connectivity index (χ0n) is 11.2. The van der Waals surface area contributed by atoms with Crippen molar-refractivity contribution in [1.82, 2.24) is 9.97 Å². The van der Waals surface area contributed by atoms with E-state index in [2.05, 4.69) is 9.97 Å². The fraction of sp³-hybridized carbons (Fsp3) is 0.583. The number of hydrogen-bond donors (Lipinski definition) is 1. The molecule has 0 atom stereocenters. The molecule has 0 spiro atoms. The van der Waals surface area contributed by atoms with E-state index in [1.807, 2.05) is 4.90 Å². The Morgan fingerprint density at radius 2 is 1.90 bits per heavy atom. The topological polar surface area (TPSA) is 100 Å². The third-order valence-electron chi connectivity index (χ3n) is 3.38. The van der Waals surface area contributed by atoms with E-state index in [9.17, 15) is 13.2 Å². The third kappa shape index (κ3) is 3.66. The molecule has 1 aromatic heterocycles. The van der Waals surface area contributed by atoms with Gasteiger partial charge in [-0.15, -0.1) is 0 Å². The second-order valence-corrected chi connectivity index (χ2v) is 7.30. The molecule has 0 amide bonds. The summed E-state index contributed by atoms with van der Waals surface area (Å²) in [6.45, 7) is 1.19. The molecule has 1 aromatic rings. The van der Waals surface area contributed by atoms with Crippen LogP contribution in [0.25, 0.3) is 0 Å². The van der Waals surface area contributed by atoms with Crippen LogP contribution in [-0.4, -0.2) is 54.1 Å². The van der Waals surface area contributed by atoms with E-state index in [4.69, 9.17) is 5.11 Å². The number of aliphatic carboxylic acids is 1. The Morgan fingerprint density at radius 1 is 1.35 bits per heavy atom. The van der Waals surface area contributed by atoms with Gasteiger partial charge in [-0.3, -0.25) is 4.79 Å². The first-order valence-corrected chi connectivity index (χ1v) is 8.28. The van der Waals surface area contributed by atoms with E-state index < -0.39 is 15.8 Å². The van der Waals surface area contributed by atoms with Crippen LogP contribution in [0.15, 0.2) is 12.4 Å². The van der Waals surface area contributed by atoms with Crippen LogP contribution in [0.4, 0.5) is 5.95 Å². The molecular weight excluding hydrogens is 282 g/mol. The minimum absolute atomic E-state index is 0.101. The number of anilines is 1. The maximum atomic E-state index is 11.5. The van der Waals surface area contributed by atoms with Gasteiger partial charge in [0.1, 0.15) is 9.84 Å². The molecule has 110 valence electrons. The van der Waals surface area contributed by atoms with Crippen molar-refractivity contribution in [3.63, 3.8) is 0 Å². The largest absolute Gasteiger partial charge is 0.481 e. The van der Waals surface area contributed by atoms with Crippen molar-refractivity contribution in [3.05, 3.63) is 18.0 Å². The molecular formula is C12H17N3O4S. The zero-order valence-corrected chi connectivity index (χ0v) is 12.0. The van der Waals surface area contributed by atoms with E-state index in [1.165, 1.54) is 18.6 Å². The number of carbonyl (C=O) groups is 1. The third-order valence-corrected chi connectivity index (χ3v) is 5.06. The van der Waals surface area contributed by atoms with Crippen molar-refractivity contribution in [1.29, 1.82) is 0 Å². The normalized spacial score (nSPS) is 17.1. The molecule has 7 nitrogen and oxygen atoms in total. The number of carboxylic acids is 1. The summed E-state index contributed by atoms with van der Waals surface area (Å²) in [4.78, 5) is 20.8. The Bertz CT molecular complexity index is 577. The number of piperidine rings is 1. The second kappa shape index (κ2) is 5.74. The number of sulfone groups is 1. The van der Waals surface area contributed by atoms with Crippen LogP contribution in [0, 0.1) is 0 Å². The lowest BCUT2D eigenvalue weighted by atomic mass is 10.1. The summed E-state index contributed by atoms with van der Waals surface area (Å²) in [5.41, 5.74) is 0.548. The predicted octanol–water partition coefficient (Wildman–Crippen LogP) is 0.117. The van der Waals surface area contributed by atoms with Gasteiger partial charge in [0.15, 0.2) is 0 Å². The molecule has 0 bridgehead atoms. The molecule has 1 fully saturated rings. The van der Waals surface area contributed by atoms with Crippen LogP contribution < -0.4 is 4.90 Å². The lowest BCUT2D eigenvalue weighted by molar-refractivity contribution is -0.136. The van der Waals surface area contributed by atoms with Gasteiger partial charge in [0.25, 0.3) is 0 Å². The fourth-order valence-electron chi connectivity index (χ4n) is 2.26. The Labute approximate surface area is 117 Å². The average Bonchev–Trinajstić information content (AvgIpc) is 2.38. The summed E-state index contributed by atoms with van der Waals surface area (Å²) in [6, 6.07) is 0. The van der Waals surface area contributed by atoms with Crippen molar-refractivity contribution < 1.29 is 18.3 Å². The van der Waals surface area contributed by atoms with Crippen LogP contribution in [0.2, 0.25) is 0 Å². The van der Waals surface area contributed by atoms with E-state index >= 15 is 0 Å². The monoisotopic (exact) mass is 299 g/mol. The first kappa shape index (κ1) is 14.7. The van der Waals surface area contributed by atoms with Crippen LogP contribution in [0.1, 0.15) is 18.4 Å². The van der Waals surface area contributed by atoms with Crippen molar-refractivity contribution in [3.8, 4) is 0 Å². The average molecular weight is 299 g/mol. The molecule has 1 aliphatic heterocycles. The summed E-state index contributed by atoms with van der Waals surface area (Å²) in [5, 5.41) is 8.38. The summed E-state index contributed by atoms with van der Waals surface area (Å²) in [6.07, 6.45) is 5.30. The summed E-state index contributed by atoms with van der Waals surface area (Å²) in [7, 11) is -2.98. The van der Waals surface area contributed by atoms with Crippen LogP contribution >= 0.6 is 0 Å². The van der Waals surface area contributed by atoms with Crippen LogP contribution in [0.5, 0.6) is 0 Å². The van der Waals surface area contributed by atoms with E-state index in [-0.39, 0.29) is 11.7 Å². The molecule has 0 unspecified atom stereocenters. The Hall–Kier alpha value is -1.70. The highest BCUT2D eigenvalue weighted by atomic mass is 32.2. The summed E-state index contributed by atoms with van der Waals surface area (Å²) >= 11 is 0. The van der Waals surface area contributed by atoms with Gasteiger partial charge >= 0.3 is 5.97 Å². The van der Waals surface area contributed by atoms with Gasteiger partial charge < -0.3 is 10.0 Å². The highest BCUT2D eigenvalue weighted by molar-refractivity contribution is 7.91. The lowest BCUT2D eigenvalue weighted by Gasteiger charge is -2.30. The molecule has 2 heterocycles. The van der Waals surface area contributed by atoms with E-state index in [0.717, 1.165) is 0 Å². The molecule has 1 N–H and O–H groups in total. The van der Waals surface area contributed by atoms with Crippen LogP contribution in [-0.2, 0) is 21.1 Å². The first-order valence-electron chi connectivity index (χ1n) is 6.33. The molecule has 20 heavy (non-hydrogen) atoms. The maximum absolute atomic E-state index is 11.5. The minimum atomic E-state index is -2.98. The van der Waals surface area contributed by atoms with E-state index in [1.54, 1.807) is 0 Å². The summed E-state index contributed by atoms with van der Waals surface area (Å²) < 4.78 is 22.9. The van der Waals surface area contributed by atoms with Gasteiger partial charge in [0.2, 0.25) is 5.95 Å².